The van der Waals surface area contributed by atoms with Crippen LogP contribution < -0.4 is 5.32 Å². The molecule has 3 nitrogen and oxygen atoms in total. The van der Waals surface area contributed by atoms with E-state index in [9.17, 15) is 9.59 Å². The largest absolute Gasteiger partial charge is 0.356 e. The van der Waals surface area contributed by atoms with E-state index in [2.05, 4.69) is 18.5 Å². The number of amides is 1. The maximum atomic E-state index is 11.4. The van der Waals surface area contributed by atoms with Gasteiger partial charge >= 0.3 is 0 Å². The van der Waals surface area contributed by atoms with Crippen molar-refractivity contribution in [1.82, 2.24) is 5.32 Å². The summed E-state index contributed by atoms with van der Waals surface area (Å²) in [7, 11) is 0. The van der Waals surface area contributed by atoms with Gasteiger partial charge in [-0.3, -0.25) is 9.59 Å². The van der Waals surface area contributed by atoms with Crippen molar-refractivity contribution in [3.05, 3.63) is 13.2 Å². The fourth-order valence-electron chi connectivity index (χ4n) is 2.20. The second-order valence-electron chi connectivity index (χ2n) is 3.82. The molecule has 1 aliphatic carbocycles. The van der Waals surface area contributed by atoms with Gasteiger partial charge in [0.25, 0.3) is 0 Å². The molecule has 1 spiro atoms. The first-order valence-corrected chi connectivity index (χ1v) is 5.03. The maximum Gasteiger partial charge on any atom is 0.226 e. The molecule has 0 radical (unpaired) electrons. The topological polar surface area (TPSA) is 46.2 Å². The first kappa shape index (κ1) is 11.0. The molecule has 1 saturated heterocycles. The molecule has 0 aromatic carbocycles. The van der Waals surface area contributed by atoms with Gasteiger partial charge in [0.05, 0.1) is 5.41 Å². The Labute approximate surface area is 84.6 Å². The lowest BCUT2D eigenvalue weighted by Crippen LogP contribution is -2.35. The molecular weight excluding hydrogens is 178 g/mol. The predicted molar refractivity (Wildman–Crippen MR) is 54.8 cm³/mol. The van der Waals surface area contributed by atoms with E-state index in [0.29, 0.717) is 18.6 Å². The Hall–Kier alpha value is -1.12. The maximum absolute atomic E-state index is 11.4. The summed E-state index contributed by atoms with van der Waals surface area (Å²) in [5.74, 6) is 0.496. The third-order valence-corrected chi connectivity index (χ3v) is 3.14. The second-order valence-corrected chi connectivity index (χ2v) is 3.82. The fourth-order valence-corrected chi connectivity index (χ4v) is 2.20. The van der Waals surface area contributed by atoms with Crippen LogP contribution in [0.15, 0.2) is 13.2 Å². The standard InChI is InChI=1S/C9H13NO2.C2H4/c11-7-1-3-9(4-2-7)5-6-10-8(9)12;1-2/h1-6H2,(H,10,12);1-2H2. The highest BCUT2D eigenvalue weighted by Crippen LogP contribution is 2.40. The van der Waals surface area contributed by atoms with Gasteiger partial charge in [-0.25, -0.2) is 0 Å². The third kappa shape index (κ3) is 1.86. The molecule has 1 heterocycles. The number of hydrogen-bond donors (Lipinski definition) is 1. The average Bonchev–Trinajstić information content (AvgIpc) is 2.57. The summed E-state index contributed by atoms with van der Waals surface area (Å²) in [5, 5.41) is 2.84. The molecule has 2 aliphatic rings. The van der Waals surface area contributed by atoms with Crippen molar-refractivity contribution in [2.45, 2.75) is 32.1 Å². The van der Waals surface area contributed by atoms with Crippen LogP contribution >= 0.6 is 0 Å². The number of hydrogen-bond acceptors (Lipinski definition) is 2. The van der Waals surface area contributed by atoms with Gasteiger partial charge in [0.1, 0.15) is 5.78 Å². The minimum Gasteiger partial charge on any atom is -0.356 e. The van der Waals surface area contributed by atoms with E-state index in [1.165, 1.54) is 0 Å². The molecule has 14 heavy (non-hydrogen) atoms. The monoisotopic (exact) mass is 195 g/mol. The summed E-state index contributed by atoms with van der Waals surface area (Å²) in [6.45, 7) is 6.80. The van der Waals surface area contributed by atoms with Crippen molar-refractivity contribution in [1.29, 1.82) is 0 Å². The van der Waals surface area contributed by atoms with Crippen LogP contribution in [0.2, 0.25) is 0 Å². The molecule has 0 bridgehead atoms. The summed E-state index contributed by atoms with van der Waals surface area (Å²) in [6, 6.07) is 0. The molecule has 1 amide bonds. The van der Waals surface area contributed by atoms with Crippen LogP contribution in [0.25, 0.3) is 0 Å². The number of Topliss-reactive ketones (excluding diaryl/α,β-unsaturated/α-hetero) is 1. The predicted octanol–water partition coefficient (Wildman–Crippen LogP) is 1.44. The Morgan fingerprint density at radius 1 is 1.07 bits per heavy atom. The van der Waals surface area contributed by atoms with E-state index in [1.54, 1.807) is 0 Å². The SMILES string of the molecule is C=C.O=C1CCC2(CCNC2=O)CC1. The lowest BCUT2D eigenvalue weighted by molar-refractivity contribution is -0.132. The minimum atomic E-state index is -0.159. The van der Waals surface area contributed by atoms with Gasteiger partial charge in [-0.15, -0.1) is 13.2 Å². The molecular formula is C11H17NO2. The molecule has 3 heteroatoms. The van der Waals surface area contributed by atoms with Crippen LogP contribution in [0, 0.1) is 5.41 Å². The van der Waals surface area contributed by atoms with Crippen LogP contribution in [0.5, 0.6) is 0 Å². The summed E-state index contributed by atoms with van der Waals surface area (Å²) < 4.78 is 0. The lowest BCUT2D eigenvalue weighted by atomic mass is 9.73. The van der Waals surface area contributed by atoms with Gasteiger partial charge in [0, 0.05) is 19.4 Å². The zero-order chi connectivity index (χ0) is 10.6. The van der Waals surface area contributed by atoms with Crippen LogP contribution in [0.3, 0.4) is 0 Å². The van der Waals surface area contributed by atoms with E-state index >= 15 is 0 Å². The average molecular weight is 195 g/mol. The Morgan fingerprint density at radius 3 is 2.07 bits per heavy atom. The van der Waals surface area contributed by atoms with Crippen LogP contribution in [-0.4, -0.2) is 18.2 Å². The smallest absolute Gasteiger partial charge is 0.226 e. The van der Waals surface area contributed by atoms with Crippen LogP contribution in [-0.2, 0) is 9.59 Å². The zero-order valence-electron chi connectivity index (χ0n) is 8.47. The highest BCUT2D eigenvalue weighted by atomic mass is 16.2. The van der Waals surface area contributed by atoms with Gasteiger partial charge in [0.15, 0.2) is 0 Å². The first-order chi connectivity index (χ1) is 6.73. The fraction of sp³-hybridized carbons (Fsp3) is 0.636. The van der Waals surface area contributed by atoms with Crippen LogP contribution in [0.1, 0.15) is 32.1 Å². The molecule has 1 saturated carbocycles. The van der Waals surface area contributed by atoms with Crippen molar-refractivity contribution in [2.24, 2.45) is 5.41 Å². The van der Waals surface area contributed by atoms with Gasteiger partial charge in [-0.2, -0.15) is 0 Å². The van der Waals surface area contributed by atoms with Crippen molar-refractivity contribution in [3.63, 3.8) is 0 Å². The third-order valence-electron chi connectivity index (χ3n) is 3.14. The van der Waals surface area contributed by atoms with Crippen molar-refractivity contribution >= 4 is 11.7 Å². The molecule has 0 aromatic rings. The molecule has 0 atom stereocenters. The molecule has 1 aliphatic heterocycles. The summed E-state index contributed by atoms with van der Waals surface area (Å²) in [4.78, 5) is 22.4. The highest BCUT2D eigenvalue weighted by molar-refractivity contribution is 5.88. The molecule has 0 unspecified atom stereocenters. The molecule has 2 fully saturated rings. The minimum absolute atomic E-state index is 0.159. The molecule has 1 N–H and O–H groups in total. The Morgan fingerprint density at radius 2 is 1.64 bits per heavy atom. The van der Waals surface area contributed by atoms with E-state index in [-0.39, 0.29) is 11.3 Å². The number of carbonyl (C=O) groups excluding carboxylic acids is 2. The number of nitrogens with one attached hydrogen (secondary N) is 1. The highest BCUT2D eigenvalue weighted by Gasteiger charge is 2.44. The quantitative estimate of drug-likeness (QED) is 0.594. The normalized spacial score (nSPS) is 24.0. The second kappa shape index (κ2) is 4.40. The zero-order valence-corrected chi connectivity index (χ0v) is 8.47. The summed E-state index contributed by atoms with van der Waals surface area (Å²) in [5.41, 5.74) is -0.159. The summed E-state index contributed by atoms with van der Waals surface area (Å²) >= 11 is 0. The van der Waals surface area contributed by atoms with Gasteiger partial charge < -0.3 is 5.32 Å². The van der Waals surface area contributed by atoms with Gasteiger partial charge in [-0.05, 0) is 19.3 Å². The van der Waals surface area contributed by atoms with E-state index in [1.807, 2.05) is 0 Å². The van der Waals surface area contributed by atoms with E-state index in [4.69, 9.17) is 0 Å². The van der Waals surface area contributed by atoms with E-state index < -0.39 is 0 Å². The number of rotatable bonds is 0. The Bertz CT molecular complexity index is 238. The molecule has 0 aromatic heterocycles. The first-order valence-electron chi connectivity index (χ1n) is 5.03. The van der Waals surface area contributed by atoms with Crippen molar-refractivity contribution in [2.75, 3.05) is 6.54 Å². The lowest BCUT2D eigenvalue weighted by Gasteiger charge is -2.29. The Kier molecular flexibility index (Phi) is 3.44. The van der Waals surface area contributed by atoms with Crippen LogP contribution in [0.4, 0.5) is 0 Å². The summed E-state index contributed by atoms with van der Waals surface area (Å²) in [6.07, 6.45) is 3.69. The van der Waals surface area contributed by atoms with Gasteiger partial charge in [-0.1, -0.05) is 0 Å². The van der Waals surface area contributed by atoms with Gasteiger partial charge in [0.2, 0.25) is 5.91 Å². The molecule has 2 rings (SSSR count). The molecule has 78 valence electrons. The van der Waals surface area contributed by atoms with Crippen molar-refractivity contribution < 1.29 is 9.59 Å². The number of carbonyl (C=O) groups is 2. The van der Waals surface area contributed by atoms with E-state index in [0.717, 1.165) is 25.8 Å². The Balaban J connectivity index is 0.000000461. The number of ketones is 1. The van der Waals surface area contributed by atoms with Crippen molar-refractivity contribution in [3.8, 4) is 0 Å².